The van der Waals surface area contributed by atoms with Crippen molar-refractivity contribution in [2.24, 2.45) is 0 Å². The number of carbonyl (C=O) groups is 2. The number of amides is 1. The van der Waals surface area contributed by atoms with Gasteiger partial charge < -0.3 is 19.5 Å². The van der Waals surface area contributed by atoms with Crippen LogP contribution in [0.15, 0.2) is 66.7 Å². The van der Waals surface area contributed by atoms with Crippen molar-refractivity contribution in [3.63, 3.8) is 0 Å². The van der Waals surface area contributed by atoms with Gasteiger partial charge in [-0.15, -0.1) is 0 Å². The summed E-state index contributed by atoms with van der Waals surface area (Å²) in [6.45, 7) is -0.590. The molecule has 0 heterocycles. The second-order valence-corrected chi connectivity index (χ2v) is 7.18. The first-order valence-corrected chi connectivity index (χ1v) is 9.98. The number of rotatable bonds is 8. The van der Waals surface area contributed by atoms with Gasteiger partial charge in [-0.2, -0.15) is 0 Å². The van der Waals surface area contributed by atoms with Crippen molar-refractivity contribution < 1.29 is 28.2 Å². The van der Waals surface area contributed by atoms with Gasteiger partial charge in [0.05, 0.1) is 25.8 Å². The lowest BCUT2D eigenvalue weighted by atomic mass is 9.98. The predicted octanol–water partition coefficient (Wildman–Crippen LogP) is 4.56. The summed E-state index contributed by atoms with van der Waals surface area (Å²) in [5.74, 6) is -0.978. The Morgan fingerprint density at radius 1 is 0.906 bits per heavy atom. The molecule has 0 aliphatic heterocycles. The number of hydrogen-bond donors (Lipinski definition) is 1. The standard InChI is InChI=1S/C24H21ClFNO5/c1-30-18-8-3-15(4-9-18)23(16-5-10-19(31-2)11-6-16)27-22(28)14-32-24(29)20-13-17(25)7-12-21(20)26/h3-13,23H,14H2,1-2H3,(H,27,28). The molecule has 0 spiro atoms. The third-order valence-electron chi connectivity index (χ3n) is 4.69. The zero-order chi connectivity index (χ0) is 23.1. The molecular formula is C24H21ClFNO5. The van der Waals surface area contributed by atoms with E-state index in [4.69, 9.17) is 25.8 Å². The topological polar surface area (TPSA) is 73.9 Å². The first-order chi connectivity index (χ1) is 15.4. The Hall–Kier alpha value is -3.58. The Balaban J connectivity index is 1.75. The van der Waals surface area contributed by atoms with Gasteiger partial charge in [0.15, 0.2) is 6.61 Å². The highest BCUT2D eigenvalue weighted by atomic mass is 35.5. The van der Waals surface area contributed by atoms with E-state index in [0.717, 1.165) is 23.3 Å². The zero-order valence-corrected chi connectivity index (χ0v) is 18.2. The molecule has 3 aromatic carbocycles. The molecule has 1 amide bonds. The molecule has 32 heavy (non-hydrogen) atoms. The van der Waals surface area contributed by atoms with Crippen molar-refractivity contribution in [2.75, 3.05) is 20.8 Å². The van der Waals surface area contributed by atoms with Gasteiger partial charge >= 0.3 is 5.97 Å². The minimum absolute atomic E-state index is 0.182. The fourth-order valence-corrected chi connectivity index (χ4v) is 3.19. The summed E-state index contributed by atoms with van der Waals surface area (Å²) in [5, 5.41) is 3.02. The smallest absolute Gasteiger partial charge is 0.341 e. The van der Waals surface area contributed by atoms with Gasteiger partial charge in [-0.25, -0.2) is 9.18 Å². The highest BCUT2D eigenvalue weighted by Crippen LogP contribution is 2.26. The fourth-order valence-electron chi connectivity index (χ4n) is 3.02. The number of nitrogens with one attached hydrogen (secondary N) is 1. The second-order valence-electron chi connectivity index (χ2n) is 6.75. The minimum Gasteiger partial charge on any atom is -0.497 e. The summed E-state index contributed by atoms with van der Waals surface area (Å²) < 4.78 is 29.2. The molecular weight excluding hydrogens is 437 g/mol. The number of halogens is 2. The number of hydrogen-bond acceptors (Lipinski definition) is 5. The van der Waals surface area contributed by atoms with E-state index in [1.807, 2.05) is 24.3 Å². The average molecular weight is 458 g/mol. The third kappa shape index (κ3) is 5.76. The maximum Gasteiger partial charge on any atom is 0.341 e. The van der Waals surface area contributed by atoms with Crippen LogP contribution >= 0.6 is 11.6 Å². The van der Waals surface area contributed by atoms with Gasteiger partial charge in [0, 0.05) is 5.02 Å². The number of esters is 1. The monoisotopic (exact) mass is 457 g/mol. The number of ether oxygens (including phenoxy) is 3. The third-order valence-corrected chi connectivity index (χ3v) is 4.92. The summed E-state index contributed by atoms with van der Waals surface area (Å²) in [6, 6.07) is 17.4. The van der Waals surface area contributed by atoms with E-state index in [1.165, 1.54) is 6.07 Å². The number of benzene rings is 3. The Kier molecular flexibility index (Phi) is 7.68. The van der Waals surface area contributed by atoms with E-state index >= 15 is 0 Å². The lowest BCUT2D eigenvalue weighted by Gasteiger charge is -2.20. The molecule has 0 saturated carbocycles. The predicted molar refractivity (Wildman–Crippen MR) is 118 cm³/mol. The van der Waals surface area contributed by atoms with Gasteiger partial charge in [-0.05, 0) is 53.6 Å². The lowest BCUT2D eigenvalue weighted by Crippen LogP contribution is -2.33. The molecule has 0 atom stereocenters. The van der Waals surface area contributed by atoms with Crippen molar-refractivity contribution in [2.45, 2.75) is 6.04 Å². The largest absolute Gasteiger partial charge is 0.497 e. The highest BCUT2D eigenvalue weighted by Gasteiger charge is 2.20. The van der Waals surface area contributed by atoms with Gasteiger partial charge in [0.2, 0.25) is 0 Å². The van der Waals surface area contributed by atoms with Crippen LogP contribution in [0.25, 0.3) is 0 Å². The summed E-state index contributed by atoms with van der Waals surface area (Å²) >= 11 is 5.80. The molecule has 6 nitrogen and oxygen atoms in total. The van der Waals surface area contributed by atoms with Gasteiger partial charge in [-0.1, -0.05) is 35.9 Å². The quantitative estimate of drug-likeness (QED) is 0.502. The van der Waals surface area contributed by atoms with Crippen LogP contribution in [0.2, 0.25) is 5.02 Å². The highest BCUT2D eigenvalue weighted by molar-refractivity contribution is 6.30. The normalized spacial score (nSPS) is 10.5. The molecule has 3 rings (SSSR count). The molecule has 0 fully saturated rings. The van der Waals surface area contributed by atoms with Crippen molar-refractivity contribution >= 4 is 23.5 Å². The van der Waals surface area contributed by atoms with Crippen LogP contribution in [0.4, 0.5) is 4.39 Å². The van der Waals surface area contributed by atoms with Gasteiger partial charge in [0.25, 0.3) is 5.91 Å². The van der Waals surface area contributed by atoms with E-state index in [1.54, 1.807) is 38.5 Å². The molecule has 166 valence electrons. The van der Waals surface area contributed by atoms with Crippen LogP contribution in [-0.4, -0.2) is 32.7 Å². The van der Waals surface area contributed by atoms with Crippen molar-refractivity contribution in [1.82, 2.24) is 5.32 Å². The van der Waals surface area contributed by atoms with Crippen LogP contribution in [0.1, 0.15) is 27.5 Å². The molecule has 0 aromatic heterocycles. The Labute approximate surface area is 189 Å². The fraction of sp³-hybridized carbons (Fsp3) is 0.167. The summed E-state index contributed by atoms with van der Waals surface area (Å²) in [6.07, 6.45) is 0. The summed E-state index contributed by atoms with van der Waals surface area (Å²) in [5.41, 5.74) is 1.24. The van der Waals surface area contributed by atoms with E-state index in [0.29, 0.717) is 11.5 Å². The molecule has 0 saturated heterocycles. The molecule has 1 N–H and O–H groups in total. The zero-order valence-electron chi connectivity index (χ0n) is 17.4. The average Bonchev–Trinajstić information content (AvgIpc) is 2.82. The summed E-state index contributed by atoms with van der Waals surface area (Å²) in [7, 11) is 3.13. The van der Waals surface area contributed by atoms with Crippen LogP contribution < -0.4 is 14.8 Å². The molecule has 0 radical (unpaired) electrons. The van der Waals surface area contributed by atoms with Gasteiger partial charge in [0.1, 0.15) is 17.3 Å². The first kappa shape index (κ1) is 23.1. The van der Waals surface area contributed by atoms with Crippen LogP contribution in [0.5, 0.6) is 11.5 Å². The lowest BCUT2D eigenvalue weighted by molar-refractivity contribution is -0.124. The van der Waals surface area contributed by atoms with E-state index < -0.39 is 30.3 Å². The Morgan fingerprint density at radius 3 is 1.94 bits per heavy atom. The molecule has 0 aliphatic rings. The molecule has 0 aliphatic carbocycles. The summed E-state index contributed by atoms with van der Waals surface area (Å²) in [4.78, 5) is 24.7. The van der Waals surface area contributed by atoms with Crippen molar-refractivity contribution in [1.29, 1.82) is 0 Å². The number of methoxy groups -OCH3 is 2. The van der Waals surface area contributed by atoms with E-state index in [9.17, 15) is 14.0 Å². The minimum atomic E-state index is -0.981. The molecule has 0 unspecified atom stereocenters. The number of carbonyl (C=O) groups excluding carboxylic acids is 2. The molecule has 3 aromatic rings. The second kappa shape index (κ2) is 10.6. The van der Waals surface area contributed by atoms with Crippen molar-refractivity contribution in [3.05, 3.63) is 94.3 Å². The molecule has 8 heteroatoms. The van der Waals surface area contributed by atoms with Crippen LogP contribution in [0, 0.1) is 5.82 Å². The Bertz CT molecular complexity index is 1040. The maximum atomic E-state index is 13.8. The SMILES string of the molecule is COc1ccc(C(NC(=O)COC(=O)c2cc(Cl)ccc2F)c2ccc(OC)cc2)cc1. The molecule has 0 bridgehead atoms. The van der Waals surface area contributed by atoms with Gasteiger partial charge in [-0.3, -0.25) is 4.79 Å². The van der Waals surface area contributed by atoms with Crippen LogP contribution in [0.3, 0.4) is 0 Å². The first-order valence-electron chi connectivity index (χ1n) is 9.60. The van der Waals surface area contributed by atoms with E-state index in [2.05, 4.69) is 5.32 Å². The van der Waals surface area contributed by atoms with E-state index in [-0.39, 0.29) is 10.6 Å². The maximum absolute atomic E-state index is 13.8. The Morgan fingerprint density at radius 2 is 1.44 bits per heavy atom. The van der Waals surface area contributed by atoms with Crippen molar-refractivity contribution in [3.8, 4) is 11.5 Å². The van der Waals surface area contributed by atoms with Crippen LogP contribution in [-0.2, 0) is 9.53 Å².